The number of benzene rings is 1. The van der Waals surface area contributed by atoms with E-state index < -0.39 is 0 Å². The fourth-order valence-electron chi connectivity index (χ4n) is 3.04. The summed E-state index contributed by atoms with van der Waals surface area (Å²) in [5.74, 6) is -0.110. The Hall–Kier alpha value is -3.09. The minimum absolute atomic E-state index is 0.110. The first kappa shape index (κ1) is 18.7. The van der Waals surface area contributed by atoms with Gasteiger partial charge in [0.1, 0.15) is 0 Å². The van der Waals surface area contributed by atoms with E-state index in [2.05, 4.69) is 9.88 Å². The normalized spacial score (nSPS) is 14.0. The lowest BCUT2D eigenvalue weighted by Crippen LogP contribution is -2.49. The fraction of sp³-hybridized carbons (Fsp3) is 0.350. The van der Waals surface area contributed by atoms with Gasteiger partial charge < -0.3 is 19.4 Å². The fourth-order valence-corrected chi connectivity index (χ4v) is 3.04. The van der Waals surface area contributed by atoms with Gasteiger partial charge in [-0.3, -0.25) is 9.78 Å². The summed E-state index contributed by atoms with van der Waals surface area (Å²) in [6, 6.07) is 11.4. The molecule has 0 atom stereocenters. The van der Waals surface area contributed by atoms with Gasteiger partial charge in [-0.2, -0.15) is 0 Å². The smallest absolute Gasteiger partial charge is 0.409 e. The summed E-state index contributed by atoms with van der Waals surface area (Å²) in [4.78, 5) is 34.3. The van der Waals surface area contributed by atoms with E-state index >= 15 is 0 Å². The number of para-hydroxylation sites is 1. The van der Waals surface area contributed by atoms with E-state index in [9.17, 15) is 9.59 Å². The lowest BCUT2D eigenvalue weighted by Gasteiger charge is -2.35. The van der Waals surface area contributed by atoms with Gasteiger partial charge in [-0.25, -0.2) is 4.79 Å². The second-order valence-electron chi connectivity index (χ2n) is 6.30. The van der Waals surface area contributed by atoms with Crippen molar-refractivity contribution in [3.63, 3.8) is 0 Å². The lowest BCUT2D eigenvalue weighted by molar-refractivity contribution is 0.0992. The maximum absolute atomic E-state index is 12.8. The van der Waals surface area contributed by atoms with E-state index in [4.69, 9.17) is 4.74 Å². The Labute approximate surface area is 159 Å². The number of carbonyl (C=O) groups is 2. The van der Waals surface area contributed by atoms with Crippen LogP contribution >= 0.6 is 0 Å². The average Bonchev–Trinajstić information content (AvgIpc) is 2.73. The molecule has 7 heteroatoms. The monoisotopic (exact) mass is 368 g/mol. The molecule has 1 aromatic heterocycles. The summed E-state index contributed by atoms with van der Waals surface area (Å²) >= 11 is 0. The number of aromatic nitrogens is 1. The Kier molecular flexibility index (Phi) is 5.90. The minimum Gasteiger partial charge on any atom is -0.450 e. The Bertz CT molecular complexity index is 789. The summed E-state index contributed by atoms with van der Waals surface area (Å²) in [5, 5.41) is 0. The van der Waals surface area contributed by atoms with Gasteiger partial charge in [0, 0.05) is 45.1 Å². The number of ether oxygens (including phenoxy) is 1. The topological polar surface area (TPSA) is 66.0 Å². The highest BCUT2D eigenvalue weighted by atomic mass is 16.6. The molecule has 1 aromatic carbocycles. The molecule has 0 saturated carbocycles. The van der Waals surface area contributed by atoms with E-state index in [0.717, 1.165) is 11.4 Å². The van der Waals surface area contributed by atoms with Crippen LogP contribution in [0.3, 0.4) is 0 Å². The number of nitrogens with zero attached hydrogens (tertiary/aromatic N) is 4. The maximum Gasteiger partial charge on any atom is 0.409 e. The van der Waals surface area contributed by atoms with Crippen molar-refractivity contribution in [2.75, 3.05) is 49.6 Å². The predicted molar refractivity (Wildman–Crippen MR) is 104 cm³/mol. The van der Waals surface area contributed by atoms with Crippen molar-refractivity contribution in [3.05, 3.63) is 54.4 Å². The van der Waals surface area contributed by atoms with Crippen LogP contribution in [0.1, 0.15) is 17.3 Å². The van der Waals surface area contributed by atoms with Crippen molar-refractivity contribution in [1.29, 1.82) is 0 Å². The summed E-state index contributed by atoms with van der Waals surface area (Å²) in [5.41, 5.74) is 2.24. The zero-order valence-corrected chi connectivity index (χ0v) is 15.7. The molecule has 142 valence electrons. The van der Waals surface area contributed by atoms with Crippen molar-refractivity contribution >= 4 is 23.4 Å². The van der Waals surface area contributed by atoms with Crippen LogP contribution in [0.25, 0.3) is 0 Å². The third kappa shape index (κ3) is 4.36. The first-order chi connectivity index (χ1) is 13.1. The van der Waals surface area contributed by atoms with Gasteiger partial charge in [-0.15, -0.1) is 0 Å². The molecule has 2 amide bonds. The summed E-state index contributed by atoms with van der Waals surface area (Å²) < 4.78 is 5.05. The molecule has 0 N–H and O–H groups in total. The summed E-state index contributed by atoms with van der Waals surface area (Å²) in [6.07, 6.45) is 3.06. The molecule has 0 bridgehead atoms. The van der Waals surface area contributed by atoms with E-state index in [1.165, 1.54) is 0 Å². The van der Waals surface area contributed by atoms with Crippen molar-refractivity contribution in [1.82, 2.24) is 9.88 Å². The second kappa shape index (κ2) is 8.53. The van der Waals surface area contributed by atoms with Gasteiger partial charge in [0.25, 0.3) is 5.91 Å². The predicted octanol–water partition coefficient (Wildman–Crippen LogP) is 2.64. The molecule has 27 heavy (non-hydrogen) atoms. The molecule has 1 saturated heterocycles. The van der Waals surface area contributed by atoms with Crippen molar-refractivity contribution in [2.24, 2.45) is 0 Å². The average molecular weight is 368 g/mol. The van der Waals surface area contributed by atoms with Gasteiger partial charge in [-0.05, 0) is 25.1 Å². The third-order valence-corrected chi connectivity index (χ3v) is 4.59. The molecule has 2 heterocycles. The van der Waals surface area contributed by atoms with Crippen LogP contribution in [0, 0.1) is 0 Å². The number of pyridine rings is 1. The molecular weight excluding hydrogens is 344 g/mol. The first-order valence-electron chi connectivity index (χ1n) is 9.05. The number of amides is 2. The first-order valence-corrected chi connectivity index (χ1v) is 9.05. The SMILES string of the molecule is CCOC(=O)N1CCN(c2cncc(C(=O)N(C)c3ccccc3)c2)CC1. The molecular formula is C20H24N4O3. The lowest BCUT2D eigenvalue weighted by atomic mass is 10.2. The number of hydrogen-bond donors (Lipinski definition) is 0. The van der Waals surface area contributed by atoms with Crippen molar-refractivity contribution in [2.45, 2.75) is 6.92 Å². The van der Waals surface area contributed by atoms with Gasteiger partial charge in [0.2, 0.25) is 0 Å². The van der Waals surface area contributed by atoms with Gasteiger partial charge in [-0.1, -0.05) is 18.2 Å². The molecule has 0 unspecified atom stereocenters. The number of anilines is 2. The van der Waals surface area contributed by atoms with E-state index in [1.54, 1.807) is 36.2 Å². The Morgan fingerprint density at radius 2 is 1.81 bits per heavy atom. The summed E-state index contributed by atoms with van der Waals surface area (Å²) in [7, 11) is 1.75. The molecule has 3 rings (SSSR count). The number of piperazine rings is 1. The number of hydrogen-bond acceptors (Lipinski definition) is 5. The third-order valence-electron chi connectivity index (χ3n) is 4.59. The molecule has 1 aliphatic heterocycles. The Morgan fingerprint density at radius 3 is 2.48 bits per heavy atom. The van der Waals surface area contributed by atoms with E-state index in [0.29, 0.717) is 38.3 Å². The zero-order valence-electron chi connectivity index (χ0n) is 15.7. The van der Waals surface area contributed by atoms with Gasteiger partial charge in [0.05, 0.1) is 24.1 Å². The van der Waals surface area contributed by atoms with E-state index in [-0.39, 0.29) is 12.0 Å². The van der Waals surface area contributed by atoms with Crippen LogP contribution in [0.15, 0.2) is 48.8 Å². The van der Waals surface area contributed by atoms with Crippen LogP contribution < -0.4 is 9.80 Å². The summed E-state index contributed by atoms with van der Waals surface area (Å²) in [6.45, 7) is 4.69. The van der Waals surface area contributed by atoms with Crippen LogP contribution in [0.2, 0.25) is 0 Å². The Morgan fingerprint density at radius 1 is 1.11 bits per heavy atom. The standard InChI is InChI=1S/C20H24N4O3/c1-3-27-20(26)24-11-9-23(10-12-24)18-13-16(14-21-15-18)19(25)22(2)17-7-5-4-6-8-17/h4-8,13-15H,3,9-12H2,1-2H3. The van der Waals surface area contributed by atoms with Gasteiger partial charge in [0.15, 0.2) is 0 Å². The molecule has 7 nitrogen and oxygen atoms in total. The van der Waals surface area contributed by atoms with Crippen LogP contribution in [-0.2, 0) is 4.74 Å². The molecule has 0 aliphatic carbocycles. The highest BCUT2D eigenvalue weighted by molar-refractivity contribution is 6.06. The van der Waals surface area contributed by atoms with Crippen LogP contribution in [0.4, 0.5) is 16.2 Å². The Balaban J connectivity index is 1.67. The van der Waals surface area contributed by atoms with Crippen LogP contribution in [-0.4, -0.2) is 61.7 Å². The van der Waals surface area contributed by atoms with Crippen molar-refractivity contribution in [3.8, 4) is 0 Å². The quantitative estimate of drug-likeness (QED) is 0.830. The number of carbonyl (C=O) groups excluding carboxylic acids is 2. The van der Waals surface area contributed by atoms with E-state index in [1.807, 2.05) is 36.4 Å². The van der Waals surface area contributed by atoms with Gasteiger partial charge >= 0.3 is 6.09 Å². The largest absolute Gasteiger partial charge is 0.450 e. The second-order valence-corrected chi connectivity index (χ2v) is 6.30. The minimum atomic E-state index is -0.274. The van der Waals surface area contributed by atoms with Crippen LogP contribution in [0.5, 0.6) is 0 Å². The molecule has 1 fully saturated rings. The molecule has 2 aromatic rings. The molecule has 1 aliphatic rings. The maximum atomic E-state index is 12.8. The zero-order chi connectivity index (χ0) is 19.2. The molecule has 0 spiro atoms. The highest BCUT2D eigenvalue weighted by Gasteiger charge is 2.23. The molecule has 0 radical (unpaired) electrons. The van der Waals surface area contributed by atoms with Crippen molar-refractivity contribution < 1.29 is 14.3 Å². The highest BCUT2D eigenvalue weighted by Crippen LogP contribution is 2.20. The number of rotatable bonds is 4.